The third-order valence-corrected chi connectivity index (χ3v) is 5.76. The van der Waals surface area contributed by atoms with Crippen molar-refractivity contribution in [1.29, 1.82) is 0 Å². The molecule has 30 heavy (non-hydrogen) atoms. The molecule has 3 aromatic rings. The molecule has 4 rings (SSSR count). The average Bonchev–Trinajstić information content (AvgIpc) is 2.77. The number of imide groups is 1. The van der Waals surface area contributed by atoms with E-state index in [2.05, 4.69) is 20.9 Å². The smallest absolute Gasteiger partial charge is 0.331 e. The van der Waals surface area contributed by atoms with Crippen LogP contribution in [0.1, 0.15) is 12.0 Å². The van der Waals surface area contributed by atoms with Crippen LogP contribution in [0.2, 0.25) is 0 Å². The van der Waals surface area contributed by atoms with Gasteiger partial charge in [-0.2, -0.15) is 0 Å². The average molecular weight is 470 g/mol. The van der Waals surface area contributed by atoms with Crippen LogP contribution >= 0.6 is 15.9 Å². The Morgan fingerprint density at radius 1 is 1.00 bits per heavy atom. The second kappa shape index (κ2) is 8.31. The number of carbonyl (C=O) groups is 2. The highest BCUT2D eigenvalue weighted by Crippen LogP contribution is 2.38. The van der Waals surface area contributed by atoms with Crippen LogP contribution < -0.4 is 14.4 Å². The minimum absolute atomic E-state index is 0.194. The third-order valence-electron chi connectivity index (χ3n) is 5.13. The number of ether oxygens (including phenoxy) is 2. The molecule has 2 heterocycles. The predicted molar refractivity (Wildman–Crippen MR) is 117 cm³/mol. The van der Waals surface area contributed by atoms with Crippen molar-refractivity contribution in [2.24, 2.45) is 0 Å². The highest BCUT2D eigenvalue weighted by atomic mass is 79.9. The zero-order chi connectivity index (χ0) is 21.3. The largest absolute Gasteiger partial charge is 0.497 e. The summed E-state index contributed by atoms with van der Waals surface area (Å²) in [5.41, 5.74) is 1.50. The number of halogens is 1. The van der Waals surface area contributed by atoms with Crippen LogP contribution in [0.25, 0.3) is 10.8 Å². The first-order valence-corrected chi connectivity index (χ1v) is 10.2. The monoisotopic (exact) mass is 469 g/mol. The Balaban J connectivity index is 1.68. The van der Waals surface area contributed by atoms with Gasteiger partial charge in [0.2, 0.25) is 5.91 Å². The minimum Gasteiger partial charge on any atom is -0.497 e. The highest BCUT2D eigenvalue weighted by Gasteiger charge is 2.34. The maximum Gasteiger partial charge on any atom is 0.331 e. The zero-order valence-electron chi connectivity index (χ0n) is 16.6. The van der Waals surface area contributed by atoms with Crippen LogP contribution in [0.5, 0.6) is 11.5 Å². The van der Waals surface area contributed by atoms with Gasteiger partial charge < -0.3 is 9.47 Å². The van der Waals surface area contributed by atoms with Crippen molar-refractivity contribution < 1.29 is 19.1 Å². The molecule has 2 aromatic carbocycles. The van der Waals surface area contributed by atoms with Crippen LogP contribution in [-0.4, -0.2) is 42.6 Å². The summed E-state index contributed by atoms with van der Waals surface area (Å²) in [4.78, 5) is 33.0. The van der Waals surface area contributed by atoms with Gasteiger partial charge in [-0.25, -0.2) is 4.79 Å². The molecule has 154 valence electrons. The first kappa shape index (κ1) is 20.2. The molecule has 0 radical (unpaired) electrons. The number of aromatic nitrogens is 1. The molecule has 0 bridgehead atoms. The van der Waals surface area contributed by atoms with Gasteiger partial charge in [-0.1, -0.05) is 18.2 Å². The number of anilines is 1. The van der Waals surface area contributed by atoms with Crippen LogP contribution in [0.3, 0.4) is 0 Å². The van der Waals surface area contributed by atoms with E-state index in [4.69, 9.17) is 9.47 Å². The summed E-state index contributed by atoms with van der Waals surface area (Å²) in [6.07, 6.45) is 3.60. The number of amides is 3. The van der Waals surface area contributed by atoms with Crippen LogP contribution in [0.4, 0.5) is 10.5 Å². The van der Waals surface area contributed by atoms with E-state index in [1.54, 1.807) is 31.5 Å². The van der Waals surface area contributed by atoms with Gasteiger partial charge in [0.15, 0.2) is 0 Å². The van der Waals surface area contributed by atoms with Crippen LogP contribution in [0, 0.1) is 0 Å². The number of hydrogen-bond acceptors (Lipinski definition) is 5. The van der Waals surface area contributed by atoms with Crippen LogP contribution in [0.15, 0.2) is 53.3 Å². The maximum atomic E-state index is 13.3. The third kappa shape index (κ3) is 3.59. The molecule has 0 aliphatic carbocycles. The number of hydrogen-bond donors (Lipinski definition) is 0. The topological polar surface area (TPSA) is 72.0 Å². The summed E-state index contributed by atoms with van der Waals surface area (Å²) in [5, 5.41) is 1.62. The Morgan fingerprint density at radius 3 is 2.47 bits per heavy atom. The molecule has 1 aliphatic heterocycles. The van der Waals surface area contributed by atoms with Crippen LogP contribution in [-0.2, 0) is 11.3 Å². The summed E-state index contributed by atoms with van der Waals surface area (Å²) >= 11 is 3.48. The number of rotatable bonds is 5. The van der Waals surface area contributed by atoms with Gasteiger partial charge in [-0.3, -0.25) is 19.6 Å². The fraction of sp³-hybridized carbons (Fsp3) is 0.227. The van der Waals surface area contributed by atoms with Crippen molar-refractivity contribution >= 4 is 44.3 Å². The molecular weight excluding hydrogens is 450 g/mol. The van der Waals surface area contributed by atoms with Gasteiger partial charge in [0, 0.05) is 29.9 Å². The van der Waals surface area contributed by atoms with Crippen molar-refractivity contribution in [3.63, 3.8) is 0 Å². The quantitative estimate of drug-likeness (QED) is 0.554. The molecule has 1 saturated heterocycles. The SMILES string of the molecule is COc1ccc(CN2C(=O)CCN(c3cncc4c(OC)c(Br)ccc34)C2=O)cc1. The van der Waals surface area contributed by atoms with Crippen molar-refractivity contribution in [2.45, 2.75) is 13.0 Å². The Kier molecular flexibility index (Phi) is 5.59. The second-order valence-electron chi connectivity index (χ2n) is 6.85. The Hall–Kier alpha value is -3.13. The van der Waals surface area contributed by atoms with E-state index in [0.29, 0.717) is 18.0 Å². The van der Waals surface area contributed by atoms with E-state index in [-0.39, 0.29) is 24.9 Å². The van der Waals surface area contributed by atoms with Gasteiger partial charge >= 0.3 is 6.03 Å². The van der Waals surface area contributed by atoms with Crippen molar-refractivity contribution in [3.8, 4) is 11.5 Å². The molecule has 0 N–H and O–H groups in total. The summed E-state index contributed by atoms with van der Waals surface area (Å²) in [5.74, 6) is 1.18. The molecule has 1 aromatic heterocycles. The number of pyridine rings is 1. The Bertz CT molecular complexity index is 1120. The molecule has 0 unspecified atom stereocenters. The summed E-state index contributed by atoms with van der Waals surface area (Å²) in [6.45, 7) is 0.501. The van der Waals surface area contributed by atoms with E-state index in [0.717, 1.165) is 26.6 Å². The normalized spacial score (nSPS) is 14.4. The summed E-state index contributed by atoms with van der Waals surface area (Å²) < 4.78 is 11.5. The molecule has 8 heteroatoms. The fourth-order valence-corrected chi connectivity index (χ4v) is 4.09. The lowest BCUT2D eigenvalue weighted by Gasteiger charge is -2.34. The number of fused-ring (bicyclic) bond motifs is 1. The summed E-state index contributed by atoms with van der Waals surface area (Å²) in [6, 6.07) is 10.7. The lowest BCUT2D eigenvalue weighted by atomic mass is 10.1. The standard InChI is InChI=1S/C22H20BrN3O4/c1-29-15-5-3-14(4-6-15)13-26-20(27)9-10-25(22(26)28)19-12-24-11-17-16(19)7-8-18(23)21(17)30-2/h3-8,11-12H,9-10,13H2,1-2H3. The second-order valence-corrected chi connectivity index (χ2v) is 7.70. The first-order chi connectivity index (χ1) is 14.5. The molecule has 0 saturated carbocycles. The predicted octanol–water partition coefficient (Wildman–Crippen LogP) is 4.37. The lowest BCUT2D eigenvalue weighted by Crippen LogP contribution is -2.52. The van der Waals surface area contributed by atoms with Gasteiger partial charge in [0.1, 0.15) is 11.5 Å². The molecule has 1 aliphatic rings. The zero-order valence-corrected chi connectivity index (χ0v) is 18.2. The van der Waals surface area contributed by atoms with E-state index in [1.165, 1.54) is 4.90 Å². The minimum atomic E-state index is -0.363. The number of urea groups is 1. The number of benzene rings is 2. The fourth-order valence-electron chi connectivity index (χ4n) is 3.58. The van der Waals surface area contributed by atoms with E-state index in [1.807, 2.05) is 36.4 Å². The van der Waals surface area contributed by atoms with E-state index < -0.39 is 0 Å². The van der Waals surface area contributed by atoms with Gasteiger partial charge in [-0.05, 0) is 39.7 Å². The molecule has 1 fully saturated rings. The maximum absolute atomic E-state index is 13.3. The van der Waals surface area contributed by atoms with Crippen molar-refractivity contribution in [3.05, 3.63) is 58.8 Å². The lowest BCUT2D eigenvalue weighted by molar-refractivity contribution is -0.129. The number of nitrogens with zero attached hydrogens (tertiary/aromatic N) is 3. The molecule has 0 spiro atoms. The van der Waals surface area contributed by atoms with Gasteiger partial charge in [-0.15, -0.1) is 0 Å². The summed E-state index contributed by atoms with van der Waals surface area (Å²) in [7, 11) is 3.18. The highest BCUT2D eigenvalue weighted by molar-refractivity contribution is 9.10. The molecule has 0 atom stereocenters. The van der Waals surface area contributed by atoms with Gasteiger partial charge in [0.25, 0.3) is 0 Å². The molecule has 7 nitrogen and oxygen atoms in total. The van der Waals surface area contributed by atoms with E-state index >= 15 is 0 Å². The first-order valence-electron chi connectivity index (χ1n) is 9.38. The molecule has 3 amide bonds. The Labute approximate surface area is 182 Å². The van der Waals surface area contributed by atoms with Crippen molar-refractivity contribution in [2.75, 3.05) is 25.7 Å². The number of methoxy groups -OCH3 is 2. The molecular formula is C22H20BrN3O4. The Morgan fingerprint density at radius 2 is 1.77 bits per heavy atom. The van der Waals surface area contributed by atoms with Crippen molar-refractivity contribution in [1.82, 2.24) is 9.88 Å². The van der Waals surface area contributed by atoms with Gasteiger partial charge in [0.05, 0.1) is 37.1 Å². The van der Waals surface area contributed by atoms with E-state index in [9.17, 15) is 9.59 Å². The number of carbonyl (C=O) groups excluding carboxylic acids is 2.